The summed E-state index contributed by atoms with van der Waals surface area (Å²) in [6.45, 7) is 0. The van der Waals surface area contributed by atoms with Crippen LogP contribution in [0.2, 0.25) is 0 Å². The van der Waals surface area contributed by atoms with E-state index in [1.165, 1.54) is 31.4 Å². The summed E-state index contributed by atoms with van der Waals surface area (Å²) in [6.07, 6.45) is 0. The topological polar surface area (TPSA) is 61.5 Å². The van der Waals surface area contributed by atoms with E-state index in [0.717, 1.165) is 0 Å². The number of anilines is 1. The van der Waals surface area contributed by atoms with Gasteiger partial charge in [-0.1, -0.05) is 6.07 Å². The second-order valence-electron chi connectivity index (χ2n) is 3.89. The summed E-state index contributed by atoms with van der Waals surface area (Å²) in [5, 5.41) is 0. The van der Waals surface area contributed by atoms with E-state index in [2.05, 4.69) is 20.7 Å². The number of rotatable bonds is 3. The lowest BCUT2D eigenvalue weighted by molar-refractivity contribution is 0.0598. The summed E-state index contributed by atoms with van der Waals surface area (Å²) in [5.74, 6) is -0.445. The minimum absolute atomic E-state index is 0.179. The average Bonchev–Trinajstić information content (AvgIpc) is 2.44. The Balaban J connectivity index is 2.42. The van der Waals surface area contributed by atoms with Crippen molar-refractivity contribution < 1.29 is 18.7 Å². The summed E-state index contributed by atoms with van der Waals surface area (Å²) in [4.78, 5) is 11.7. The molecule has 0 atom stereocenters. The minimum Gasteiger partial charge on any atom is -0.465 e. The van der Waals surface area contributed by atoms with Gasteiger partial charge in [0.1, 0.15) is 17.1 Å². The van der Waals surface area contributed by atoms with Gasteiger partial charge >= 0.3 is 5.97 Å². The van der Waals surface area contributed by atoms with E-state index in [1.54, 1.807) is 12.1 Å². The number of para-hydroxylation sites is 1. The fourth-order valence-corrected chi connectivity index (χ4v) is 1.96. The first-order valence-corrected chi connectivity index (χ1v) is 6.42. The molecule has 0 unspecified atom stereocenters. The Labute approximate surface area is 123 Å². The van der Waals surface area contributed by atoms with Crippen molar-refractivity contribution in [2.75, 3.05) is 12.8 Å². The molecule has 0 saturated heterocycles. The van der Waals surface area contributed by atoms with Crippen LogP contribution in [-0.4, -0.2) is 13.1 Å². The Bertz CT molecular complexity index is 661. The van der Waals surface area contributed by atoms with Gasteiger partial charge in [0.25, 0.3) is 0 Å². The molecule has 0 aromatic heterocycles. The number of ether oxygens (including phenoxy) is 2. The molecule has 0 aliphatic heterocycles. The van der Waals surface area contributed by atoms with Crippen LogP contribution < -0.4 is 10.5 Å². The van der Waals surface area contributed by atoms with Crippen LogP contribution in [0.25, 0.3) is 0 Å². The standard InChI is InChI=1S/C14H11BrFNO3/c1-19-14(18)9-3-2-4-12(17)13(9)20-8-5-6-11(16)10(15)7-8/h2-7H,17H2,1H3. The van der Waals surface area contributed by atoms with Crippen molar-refractivity contribution >= 4 is 27.6 Å². The van der Waals surface area contributed by atoms with Gasteiger partial charge in [-0.15, -0.1) is 0 Å². The Morgan fingerprint density at radius 1 is 1.30 bits per heavy atom. The predicted octanol–water partition coefficient (Wildman–Crippen LogP) is 3.75. The number of nitrogen functional groups attached to an aromatic ring is 1. The monoisotopic (exact) mass is 339 g/mol. The van der Waals surface area contributed by atoms with Gasteiger partial charge in [0.2, 0.25) is 0 Å². The molecule has 4 nitrogen and oxygen atoms in total. The highest BCUT2D eigenvalue weighted by atomic mass is 79.9. The Morgan fingerprint density at radius 2 is 2.05 bits per heavy atom. The molecular weight excluding hydrogens is 329 g/mol. The smallest absolute Gasteiger partial charge is 0.341 e. The predicted molar refractivity (Wildman–Crippen MR) is 76.4 cm³/mol. The second kappa shape index (κ2) is 5.92. The molecule has 6 heteroatoms. The molecule has 0 radical (unpaired) electrons. The van der Waals surface area contributed by atoms with Crippen LogP contribution in [0.15, 0.2) is 40.9 Å². The normalized spacial score (nSPS) is 10.2. The number of benzene rings is 2. The summed E-state index contributed by atoms with van der Waals surface area (Å²) in [7, 11) is 1.27. The van der Waals surface area contributed by atoms with Gasteiger partial charge in [0.15, 0.2) is 5.75 Å². The molecule has 0 aliphatic rings. The van der Waals surface area contributed by atoms with Crippen LogP contribution in [0.3, 0.4) is 0 Å². The van der Waals surface area contributed by atoms with Crippen molar-refractivity contribution in [2.24, 2.45) is 0 Å². The number of methoxy groups -OCH3 is 1. The fourth-order valence-electron chi connectivity index (χ4n) is 1.60. The van der Waals surface area contributed by atoms with E-state index in [1.807, 2.05) is 0 Å². The summed E-state index contributed by atoms with van der Waals surface area (Å²) in [5.41, 5.74) is 6.30. The maximum Gasteiger partial charge on any atom is 0.341 e. The van der Waals surface area contributed by atoms with Crippen LogP contribution in [0.4, 0.5) is 10.1 Å². The van der Waals surface area contributed by atoms with E-state index < -0.39 is 11.8 Å². The summed E-state index contributed by atoms with van der Waals surface area (Å²) < 4.78 is 23.7. The summed E-state index contributed by atoms with van der Waals surface area (Å²) >= 11 is 3.06. The fraction of sp³-hybridized carbons (Fsp3) is 0.0714. The highest BCUT2D eigenvalue weighted by Gasteiger charge is 2.16. The zero-order valence-corrected chi connectivity index (χ0v) is 12.1. The van der Waals surface area contributed by atoms with Crippen LogP contribution in [-0.2, 0) is 4.74 Å². The molecule has 0 heterocycles. The lowest BCUT2D eigenvalue weighted by Crippen LogP contribution is -2.05. The number of hydrogen-bond donors (Lipinski definition) is 1. The molecule has 2 rings (SSSR count). The van der Waals surface area contributed by atoms with Crippen molar-refractivity contribution in [3.63, 3.8) is 0 Å². The van der Waals surface area contributed by atoms with Gasteiger partial charge in [-0.3, -0.25) is 0 Å². The first-order valence-electron chi connectivity index (χ1n) is 5.62. The molecule has 104 valence electrons. The van der Waals surface area contributed by atoms with Gasteiger partial charge < -0.3 is 15.2 Å². The Morgan fingerprint density at radius 3 is 2.70 bits per heavy atom. The lowest BCUT2D eigenvalue weighted by atomic mass is 10.1. The number of hydrogen-bond acceptors (Lipinski definition) is 4. The third-order valence-corrected chi connectivity index (χ3v) is 3.17. The number of carbonyl (C=O) groups is 1. The number of nitrogens with two attached hydrogens (primary N) is 1. The minimum atomic E-state index is -0.562. The zero-order valence-electron chi connectivity index (χ0n) is 10.5. The Hall–Kier alpha value is -2.08. The molecule has 2 aromatic rings. The van der Waals surface area contributed by atoms with Gasteiger partial charge in [0, 0.05) is 0 Å². The van der Waals surface area contributed by atoms with E-state index >= 15 is 0 Å². The lowest BCUT2D eigenvalue weighted by Gasteiger charge is -2.12. The molecule has 0 spiro atoms. The van der Waals surface area contributed by atoms with E-state index in [4.69, 9.17) is 10.5 Å². The van der Waals surface area contributed by atoms with Gasteiger partial charge in [-0.05, 0) is 46.3 Å². The highest BCUT2D eigenvalue weighted by molar-refractivity contribution is 9.10. The van der Waals surface area contributed by atoms with Crippen LogP contribution in [0.5, 0.6) is 11.5 Å². The van der Waals surface area contributed by atoms with Crippen LogP contribution >= 0.6 is 15.9 Å². The maximum atomic E-state index is 13.2. The summed E-state index contributed by atoms with van der Waals surface area (Å²) in [6, 6.07) is 8.89. The first kappa shape index (κ1) is 14.3. The maximum absolute atomic E-state index is 13.2. The van der Waals surface area contributed by atoms with Crippen LogP contribution in [0, 0.1) is 5.82 Å². The average molecular weight is 340 g/mol. The van der Waals surface area contributed by atoms with Crippen LogP contribution in [0.1, 0.15) is 10.4 Å². The quantitative estimate of drug-likeness (QED) is 0.683. The largest absolute Gasteiger partial charge is 0.465 e. The Kier molecular flexibility index (Phi) is 4.24. The third kappa shape index (κ3) is 2.91. The van der Waals surface area contributed by atoms with Gasteiger partial charge in [-0.2, -0.15) is 0 Å². The van der Waals surface area contributed by atoms with Crippen molar-refractivity contribution in [1.29, 1.82) is 0 Å². The van der Waals surface area contributed by atoms with Crippen molar-refractivity contribution in [2.45, 2.75) is 0 Å². The molecule has 0 amide bonds. The molecular formula is C14H11BrFNO3. The van der Waals surface area contributed by atoms with Crippen molar-refractivity contribution in [3.8, 4) is 11.5 Å². The zero-order chi connectivity index (χ0) is 14.7. The van der Waals surface area contributed by atoms with Gasteiger partial charge in [-0.25, -0.2) is 9.18 Å². The molecule has 20 heavy (non-hydrogen) atoms. The molecule has 2 N–H and O–H groups in total. The molecule has 0 saturated carbocycles. The van der Waals surface area contributed by atoms with E-state index in [-0.39, 0.29) is 21.5 Å². The first-order chi connectivity index (χ1) is 9.52. The van der Waals surface area contributed by atoms with Crippen molar-refractivity contribution in [3.05, 3.63) is 52.3 Å². The number of halogens is 2. The second-order valence-corrected chi connectivity index (χ2v) is 4.75. The SMILES string of the molecule is COC(=O)c1cccc(N)c1Oc1ccc(F)c(Br)c1. The number of esters is 1. The van der Waals surface area contributed by atoms with E-state index in [0.29, 0.717) is 5.75 Å². The third-order valence-electron chi connectivity index (χ3n) is 2.56. The van der Waals surface area contributed by atoms with Gasteiger partial charge in [0.05, 0.1) is 17.3 Å². The van der Waals surface area contributed by atoms with Crippen molar-refractivity contribution in [1.82, 2.24) is 0 Å². The molecule has 0 bridgehead atoms. The molecule has 0 aliphatic carbocycles. The molecule has 0 fully saturated rings. The molecule has 2 aromatic carbocycles. The number of carbonyl (C=O) groups excluding carboxylic acids is 1. The highest BCUT2D eigenvalue weighted by Crippen LogP contribution is 2.33. The van der Waals surface area contributed by atoms with E-state index in [9.17, 15) is 9.18 Å².